The van der Waals surface area contributed by atoms with Gasteiger partial charge >= 0.3 is 0 Å². The Hall–Kier alpha value is -0.200. The van der Waals surface area contributed by atoms with Crippen molar-refractivity contribution in [3.05, 3.63) is 0 Å². The average Bonchev–Trinajstić information content (AvgIpc) is 2.35. The van der Waals surface area contributed by atoms with Gasteiger partial charge in [0.2, 0.25) is 0 Å². The molecule has 0 bridgehead atoms. The highest BCUT2D eigenvalue weighted by atomic mass is 16.4. The molecule has 2 rings (SSSR count). The summed E-state index contributed by atoms with van der Waals surface area (Å²) in [4.78, 5) is 2.01. The minimum Gasteiger partial charge on any atom is -0.394 e. The van der Waals surface area contributed by atoms with Gasteiger partial charge in [-0.2, -0.15) is 0 Å². The van der Waals surface area contributed by atoms with Gasteiger partial charge in [0.05, 0.1) is 18.2 Å². The van der Waals surface area contributed by atoms with Gasteiger partial charge in [-0.3, -0.25) is 4.90 Å². The lowest BCUT2D eigenvalue weighted by Crippen LogP contribution is -2.80. The number of hydrogen-bond acceptors (Lipinski definition) is 5. The highest BCUT2D eigenvalue weighted by molar-refractivity contribution is 5.16. The van der Waals surface area contributed by atoms with E-state index in [1.54, 1.807) is 0 Å². The molecule has 0 aliphatic carbocycles. The molecule has 5 heteroatoms. The van der Waals surface area contributed by atoms with E-state index in [1.165, 1.54) is 0 Å². The first-order chi connectivity index (χ1) is 9.60. The van der Waals surface area contributed by atoms with Crippen LogP contribution in [0.15, 0.2) is 0 Å². The smallest absolute Gasteiger partial charge is 0.109 e. The molecule has 124 valence electrons. The normalized spacial score (nSPS) is 42.3. The van der Waals surface area contributed by atoms with Crippen molar-refractivity contribution in [2.24, 2.45) is 11.3 Å². The van der Waals surface area contributed by atoms with E-state index >= 15 is 0 Å². The fourth-order valence-corrected chi connectivity index (χ4v) is 4.40. The van der Waals surface area contributed by atoms with E-state index < -0.39 is 23.9 Å². The van der Waals surface area contributed by atoms with Crippen molar-refractivity contribution in [1.29, 1.82) is 0 Å². The summed E-state index contributed by atoms with van der Waals surface area (Å²) >= 11 is 0. The first kappa shape index (κ1) is 17.2. The highest BCUT2D eigenvalue weighted by Gasteiger charge is 2.61. The van der Waals surface area contributed by atoms with E-state index in [4.69, 9.17) is 0 Å². The zero-order chi connectivity index (χ0) is 16.0. The lowest BCUT2D eigenvalue weighted by molar-refractivity contribution is -0.248. The van der Waals surface area contributed by atoms with Crippen LogP contribution in [0, 0.1) is 11.3 Å². The molecule has 2 aliphatic rings. The van der Waals surface area contributed by atoms with Gasteiger partial charge in [-0.05, 0) is 30.6 Å². The van der Waals surface area contributed by atoms with Gasteiger partial charge in [0.25, 0.3) is 0 Å². The molecule has 2 heterocycles. The van der Waals surface area contributed by atoms with Crippen LogP contribution in [0.1, 0.15) is 47.0 Å². The minimum absolute atomic E-state index is 0.178. The van der Waals surface area contributed by atoms with Gasteiger partial charge < -0.3 is 20.4 Å². The van der Waals surface area contributed by atoms with Crippen LogP contribution in [-0.4, -0.2) is 68.4 Å². The minimum atomic E-state index is -1.17. The molecule has 2 fully saturated rings. The third-order valence-electron chi connectivity index (χ3n) is 5.16. The number of aliphatic hydroxyl groups excluding tert-OH is 4. The average molecular weight is 301 g/mol. The van der Waals surface area contributed by atoms with Crippen LogP contribution in [0.3, 0.4) is 0 Å². The van der Waals surface area contributed by atoms with Crippen LogP contribution in [-0.2, 0) is 0 Å². The molecule has 21 heavy (non-hydrogen) atoms. The molecule has 0 aromatic heterocycles. The Kier molecular flexibility index (Phi) is 4.72. The third-order valence-corrected chi connectivity index (χ3v) is 5.16. The predicted molar refractivity (Wildman–Crippen MR) is 80.8 cm³/mol. The molecular weight excluding hydrogens is 270 g/mol. The van der Waals surface area contributed by atoms with Crippen LogP contribution < -0.4 is 0 Å². The quantitative estimate of drug-likeness (QED) is 0.602. The van der Waals surface area contributed by atoms with E-state index in [2.05, 4.69) is 27.7 Å². The molecule has 0 spiro atoms. The van der Waals surface area contributed by atoms with Crippen LogP contribution in [0.2, 0.25) is 0 Å². The van der Waals surface area contributed by atoms with E-state index in [0.29, 0.717) is 18.9 Å². The van der Waals surface area contributed by atoms with Gasteiger partial charge in [0, 0.05) is 12.6 Å². The summed E-state index contributed by atoms with van der Waals surface area (Å²) in [6.07, 6.45) is -0.392. The molecule has 2 aliphatic heterocycles. The molecule has 2 saturated heterocycles. The Balaban J connectivity index is 2.01. The number of hydrogen-bond donors (Lipinski definition) is 4. The van der Waals surface area contributed by atoms with Crippen molar-refractivity contribution >= 4 is 0 Å². The van der Waals surface area contributed by atoms with Gasteiger partial charge in [-0.1, -0.05) is 27.7 Å². The van der Waals surface area contributed by atoms with Gasteiger partial charge in [0.1, 0.15) is 12.2 Å². The van der Waals surface area contributed by atoms with Gasteiger partial charge in [-0.25, -0.2) is 0 Å². The topological polar surface area (TPSA) is 84.2 Å². The zero-order valence-corrected chi connectivity index (χ0v) is 13.7. The Bertz CT molecular complexity index is 370. The van der Waals surface area contributed by atoms with E-state index in [1.807, 2.05) is 4.90 Å². The van der Waals surface area contributed by atoms with Crippen LogP contribution in [0.25, 0.3) is 0 Å². The van der Waals surface area contributed by atoms with Crippen LogP contribution in [0.5, 0.6) is 0 Å². The second kappa shape index (κ2) is 5.78. The van der Waals surface area contributed by atoms with Crippen molar-refractivity contribution in [2.45, 2.75) is 76.9 Å². The number of aliphatic hydroxyl groups is 4. The largest absolute Gasteiger partial charge is 0.394 e. The number of piperidine rings is 1. The summed E-state index contributed by atoms with van der Waals surface area (Å²) < 4.78 is 0. The van der Waals surface area contributed by atoms with Crippen LogP contribution in [0.4, 0.5) is 0 Å². The molecule has 5 nitrogen and oxygen atoms in total. The summed E-state index contributed by atoms with van der Waals surface area (Å²) in [5.74, 6) is 0.549. The lowest BCUT2D eigenvalue weighted by atomic mass is 9.66. The number of fused-ring (bicyclic) bond motifs is 1. The van der Waals surface area contributed by atoms with E-state index in [-0.39, 0.29) is 18.1 Å². The zero-order valence-electron chi connectivity index (χ0n) is 13.7. The third kappa shape index (κ3) is 3.13. The number of β-amino-alcohol motifs (C(OH)–C–C–N with tert-alkyl or cyclic N) is 1. The van der Waals surface area contributed by atoms with Crippen molar-refractivity contribution < 1.29 is 20.4 Å². The maximum absolute atomic E-state index is 10.2. The maximum atomic E-state index is 10.2. The van der Waals surface area contributed by atoms with Gasteiger partial charge in [-0.15, -0.1) is 0 Å². The Labute approximate surface area is 127 Å². The standard InChI is InChI=1S/C16H31NO4/c1-10(6-15(2,3)4)5-11-7-16(9-18)14(21)13(20)12(19)8-17(11)16/h10-14,18-21H,5-9H2,1-4H3/t10?,11-,12+,13-,14+,16-/m1/s1. The first-order valence-electron chi connectivity index (χ1n) is 8.02. The van der Waals surface area contributed by atoms with Crippen molar-refractivity contribution in [2.75, 3.05) is 13.2 Å². The molecule has 0 amide bonds. The van der Waals surface area contributed by atoms with E-state index in [0.717, 1.165) is 12.8 Å². The summed E-state index contributed by atoms with van der Waals surface area (Å²) in [7, 11) is 0. The molecule has 1 unspecified atom stereocenters. The van der Waals surface area contributed by atoms with Crippen molar-refractivity contribution in [1.82, 2.24) is 4.90 Å². The monoisotopic (exact) mass is 301 g/mol. The lowest BCUT2D eigenvalue weighted by Gasteiger charge is -2.64. The summed E-state index contributed by atoms with van der Waals surface area (Å²) in [6, 6.07) is 0.270. The molecule has 0 aromatic rings. The summed E-state index contributed by atoms with van der Waals surface area (Å²) in [5, 5.41) is 39.6. The Morgan fingerprint density at radius 3 is 2.38 bits per heavy atom. The molecule has 6 atom stereocenters. The Morgan fingerprint density at radius 2 is 1.86 bits per heavy atom. The summed E-state index contributed by atoms with van der Waals surface area (Å²) in [6.45, 7) is 9.07. The molecule has 4 N–H and O–H groups in total. The molecule has 0 aromatic carbocycles. The predicted octanol–water partition coefficient (Wildman–Crippen LogP) is 0.350. The maximum Gasteiger partial charge on any atom is 0.109 e. The fourth-order valence-electron chi connectivity index (χ4n) is 4.40. The number of rotatable bonds is 4. The van der Waals surface area contributed by atoms with Gasteiger partial charge in [0.15, 0.2) is 0 Å². The van der Waals surface area contributed by atoms with E-state index in [9.17, 15) is 20.4 Å². The molecule has 0 radical (unpaired) electrons. The second-order valence-electron chi connectivity index (χ2n) is 8.38. The SMILES string of the molecule is CC(C[C@@H]1C[C@@]2(CO)[C@@H](O)[C@H](O)[C@@H](O)CN12)CC(C)(C)C. The van der Waals surface area contributed by atoms with Crippen molar-refractivity contribution in [3.63, 3.8) is 0 Å². The number of nitrogens with zero attached hydrogens (tertiary/aromatic N) is 1. The fraction of sp³-hybridized carbons (Fsp3) is 1.00. The molecular formula is C16H31NO4. The van der Waals surface area contributed by atoms with Crippen LogP contribution >= 0.6 is 0 Å². The highest BCUT2D eigenvalue weighted by Crippen LogP contribution is 2.46. The first-order valence-corrected chi connectivity index (χ1v) is 8.02. The second-order valence-corrected chi connectivity index (χ2v) is 8.38. The Morgan fingerprint density at radius 1 is 1.24 bits per heavy atom. The van der Waals surface area contributed by atoms with Crippen molar-refractivity contribution in [3.8, 4) is 0 Å². The molecule has 0 saturated carbocycles. The summed E-state index contributed by atoms with van der Waals surface area (Å²) in [5.41, 5.74) is -0.473.